The Morgan fingerprint density at radius 2 is 0.729 bits per heavy atom. The molecule has 0 fully saturated rings. The Kier molecular flexibility index (Phi) is 34.1. The van der Waals surface area contributed by atoms with E-state index in [1.807, 2.05) is 0 Å². The molecule has 0 aliphatic rings. The maximum absolute atomic E-state index is 12.6. The van der Waals surface area contributed by atoms with Crippen LogP contribution >= 0.6 is 0 Å². The molecule has 2 unspecified atom stereocenters. The maximum Gasteiger partial charge on any atom is 0.306 e. The Morgan fingerprint density at radius 3 is 1.08 bits per heavy atom. The summed E-state index contributed by atoms with van der Waals surface area (Å²) in [5.41, 5.74) is 0. The van der Waals surface area contributed by atoms with Gasteiger partial charge in [-0.3, -0.25) is 14.4 Å². The van der Waals surface area contributed by atoms with Gasteiger partial charge in [-0.05, 0) is 31.1 Å². The van der Waals surface area contributed by atoms with Crippen LogP contribution in [-0.4, -0.2) is 37.2 Å². The second-order valence-electron chi connectivity index (χ2n) is 14.8. The topological polar surface area (TPSA) is 78.9 Å². The van der Waals surface area contributed by atoms with Crippen molar-refractivity contribution in [1.82, 2.24) is 0 Å². The van der Waals surface area contributed by atoms with Gasteiger partial charge < -0.3 is 14.2 Å². The van der Waals surface area contributed by atoms with Crippen LogP contribution in [0.5, 0.6) is 0 Å². The molecule has 0 bridgehead atoms. The molecule has 0 rings (SSSR count). The summed E-state index contributed by atoms with van der Waals surface area (Å²) < 4.78 is 16.6. The molecule has 0 aromatic rings. The predicted octanol–water partition coefficient (Wildman–Crippen LogP) is 12.6. The lowest BCUT2D eigenvalue weighted by atomic mass is 10.00. The maximum atomic E-state index is 12.6. The fraction of sp³-hybridized carbons (Fsp3) is 0.929. The number of unbranched alkanes of at least 4 members (excludes halogenated alkanes) is 19. The van der Waals surface area contributed by atoms with Gasteiger partial charge in [-0.1, -0.05) is 182 Å². The van der Waals surface area contributed by atoms with E-state index in [0.717, 1.165) is 69.6 Å². The van der Waals surface area contributed by atoms with Crippen molar-refractivity contribution in [3.63, 3.8) is 0 Å². The summed E-state index contributed by atoms with van der Waals surface area (Å²) in [4.78, 5) is 37.5. The van der Waals surface area contributed by atoms with Crippen molar-refractivity contribution in [3.05, 3.63) is 0 Å². The van der Waals surface area contributed by atoms with Gasteiger partial charge in [0, 0.05) is 19.3 Å². The molecule has 3 atom stereocenters. The molecule has 6 nitrogen and oxygen atoms in total. The molecule has 284 valence electrons. The number of hydrogen-bond acceptors (Lipinski definition) is 6. The minimum atomic E-state index is -0.760. The van der Waals surface area contributed by atoms with Gasteiger partial charge in [0.25, 0.3) is 0 Å². The second kappa shape index (κ2) is 35.2. The number of esters is 3. The van der Waals surface area contributed by atoms with E-state index in [1.54, 1.807) is 0 Å². The molecule has 0 aromatic carbocycles. The number of ether oxygens (including phenoxy) is 3. The van der Waals surface area contributed by atoms with Crippen LogP contribution in [0.15, 0.2) is 0 Å². The van der Waals surface area contributed by atoms with Gasteiger partial charge in [0.2, 0.25) is 0 Å². The Labute approximate surface area is 298 Å². The van der Waals surface area contributed by atoms with Gasteiger partial charge >= 0.3 is 17.9 Å². The van der Waals surface area contributed by atoms with Gasteiger partial charge in [-0.25, -0.2) is 0 Å². The number of rotatable bonds is 36. The van der Waals surface area contributed by atoms with Gasteiger partial charge in [-0.15, -0.1) is 0 Å². The molecule has 0 heterocycles. The van der Waals surface area contributed by atoms with Crippen LogP contribution in [-0.2, 0) is 28.6 Å². The summed E-state index contributed by atoms with van der Waals surface area (Å²) in [5, 5.41) is 0. The zero-order chi connectivity index (χ0) is 35.5. The number of hydrogen-bond donors (Lipinski definition) is 0. The minimum Gasteiger partial charge on any atom is -0.462 e. The van der Waals surface area contributed by atoms with Crippen molar-refractivity contribution in [3.8, 4) is 0 Å². The first-order valence-electron chi connectivity index (χ1n) is 20.8. The van der Waals surface area contributed by atoms with Crippen LogP contribution in [0.2, 0.25) is 0 Å². The van der Waals surface area contributed by atoms with E-state index in [9.17, 15) is 14.4 Å². The van der Waals surface area contributed by atoms with E-state index in [-0.39, 0.29) is 31.1 Å². The van der Waals surface area contributed by atoms with Crippen molar-refractivity contribution in [2.24, 2.45) is 11.8 Å². The fourth-order valence-corrected chi connectivity index (χ4v) is 5.98. The molecule has 48 heavy (non-hydrogen) atoms. The Balaban J connectivity index is 4.38. The Bertz CT molecular complexity index is 738. The summed E-state index contributed by atoms with van der Waals surface area (Å²) in [6, 6.07) is 0. The molecule has 0 aromatic heterocycles. The highest BCUT2D eigenvalue weighted by Gasteiger charge is 2.19. The normalized spacial score (nSPS) is 13.2. The Hall–Kier alpha value is -1.59. The van der Waals surface area contributed by atoms with E-state index >= 15 is 0 Å². The molecule has 0 spiro atoms. The van der Waals surface area contributed by atoms with Crippen LogP contribution in [0.1, 0.15) is 221 Å². The molecule has 0 saturated heterocycles. The molecule has 0 radical (unpaired) electrons. The average molecular weight is 681 g/mol. The first-order chi connectivity index (χ1) is 23.3. The van der Waals surface area contributed by atoms with Crippen molar-refractivity contribution in [2.45, 2.75) is 227 Å². The molecule has 0 amide bonds. The lowest BCUT2D eigenvalue weighted by molar-refractivity contribution is -0.167. The van der Waals surface area contributed by atoms with Crippen LogP contribution < -0.4 is 0 Å². The standard InChI is InChI=1S/C42H80O6/c1-6-9-10-11-12-13-14-15-22-27-32-40(43)46-35-39(48-42(45)34-29-24-19-17-21-26-31-38(5)8-3)36-47-41(44)33-28-23-18-16-20-25-30-37(4)7-2/h37-39H,6-36H2,1-5H3/t37?,38?,39-/m0/s1. The van der Waals surface area contributed by atoms with Crippen molar-refractivity contribution in [1.29, 1.82) is 0 Å². The molecule has 0 saturated carbocycles. The summed E-state index contributed by atoms with van der Waals surface area (Å²) in [7, 11) is 0. The Morgan fingerprint density at radius 1 is 0.417 bits per heavy atom. The monoisotopic (exact) mass is 681 g/mol. The number of carbonyl (C=O) groups is 3. The van der Waals surface area contributed by atoms with Crippen LogP contribution in [0.25, 0.3) is 0 Å². The van der Waals surface area contributed by atoms with E-state index in [4.69, 9.17) is 14.2 Å². The lowest BCUT2D eigenvalue weighted by Crippen LogP contribution is -2.30. The molecule has 0 aliphatic carbocycles. The quantitative estimate of drug-likeness (QED) is 0.0372. The van der Waals surface area contributed by atoms with E-state index in [2.05, 4.69) is 34.6 Å². The van der Waals surface area contributed by atoms with E-state index in [1.165, 1.54) is 109 Å². The number of carbonyl (C=O) groups excluding carboxylic acids is 3. The molecule has 6 heteroatoms. The van der Waals surface area contributed by atoms with E-state index < -0.39 is 6.10 Å². The third-order valence-electron chi connectivity index (χ3n) is 9.94. The summed E-state index contributed by atoms with van der Waals surface area (Å²) >= 11 is 0. The van der Waals surface area contributed by atoms with Crippen LogP contribution in [0.3, 0.4) is 0 Å². The molecule has 0 N–H and O–H groups in total. The van der Waals surface area contributed by atoms with Gasteiger partial charge in [-0.2, -0.15) is 0 Å². The third-order valence-corrected chi connectivity index (χ3v) is 9.94. The van der Waals surface area contributed by atoms with Crippen molar-refractivity contribution in [2.75, 3.05) is 13.2 Å². The highest BCUT2D eigenvalue weighted by Crippen LogP contribution is 2.17. The average Bonchev–Trinajstić information content (AvgIpc) is 3.08. The summed E-state index contributed by atoms with van der Waals surface area (Å²) in [6.07, 6.45) is 30.9. The molecule has 0 aliphatic heterocycles. The summed E-state index contributed by atoms with van der Waals surface area (Å²) in [6.45, 7) is 11.2. The van der Waals surface area contributed by atoms with Gasteiger partial charge in [0.1, 0.15) is 13.2 Å². The molecular weight excluding hydrogens is 600 g/mol. The fourth-order valence-electron chi connectivity index (χ4n) is 5.98. The largest absolute Gasteiger partial charge is 0.462 e. The van der Waals surface area contributed by atoms with Crippen molar-refractivity contribution < 1.29 is 28.6 Å². The van der Waals surface area contributed by atoms with Crippen molar-refractivity contribution >= 4 is 17.9 Å². The second-order valence-corrected chi connectivity index (χ2v) is 14.8. The lowest BCUT2D eigenvalue weighted by Gasteiger charge is -2.18. The van der Waals surface area contributed by atoms with Crippen LogP contribution in [0.4, 0.5) is 0 Å². The van der Waals surface area contributed by atoms with E-state index in [0.29, 0.717) is 19.3 Å². The molecular formula is C42H80O6. The predicted molar refractivity (Wildman–Crippen MR) is 201 cm³/mol. The highest BCUT2D eigenvalue weighted by molar-refractivity contribution is 5.71. The first kappa shape index (κ1) is 46.4. The van der Waals surface area contributed by atoms with Crippen LogP contribution in [0, 0.1) is 11.8 Å². The zero-order valence-corrected chi connectivity index (χ0v) is 32.6. The SMILES string of the molecule is CCCCCCCCCCCCC(=O)OC[C@@H](COC(=O)CCCCCCCCC(C)CC)OC(=O)CCCCCCCCC(C)CC. The van der Waals surface area contributed by atoms with Gasteiger partial charge in [0.05, 0.1) is 0 Å². The zero-order valence-electron chi connectivity index (χ0n) is 32.6. The highest BCUT2D eigenvalue weighted by atomic mass is 16.6. The smallest absolute Gasteiger partial charge is 0.306 e. The first-order valence-corrected chi connectivity index (χ1v) is 20.8. The minimum absolute atomic E-state index is 0.0670. The third kappa shape index (κ3) is 32.9. The summed E-state index contributed by atoms with van der Waals surface area (Å²) in [5.74, 6) is 0.754. The van der Waals surface area contributed by atoms with Gasteiger partial charge in [0.15, 0.2) is 6.10 Å².